The Hall–Kier alpha value is -2.74. The van der Waals surface area contributed by atoms with Crippen molar-refractivity contribution < 1.29 is 9.13 Å². The molecule has 2 aromatic rings. The number of methoxy groups -OCH3 is 1. The van der Waals surface area contributed by atoms with Gasteiger partial charge in [-0.1, -0.05) is 6.07 Å². The van der Waals surface area contributed by atoms with Crippen molar-refractivity contribution in [2.75, 3.05) is 18.2 Å². The van der Waals surface area contributed by atoms with Gasteiger partial charge < -0.3 is 15.8 Å². The number of para-hydroxylation sites is 1. The Morgan fingerprint density at radius 2 is 2.05 bits per heavy atom. The monoisotopic (exact) mass is 257 g/mol. The van der Waals surface area contributed by atoms with E-state index in [2.05, 4.69) is 5.32 Å². The maximum absolute atomic E-state index is 13.8. The van der Waals surface area contributed by atoms with Crippen LogP contribution in [0.4, 0.5) is 21.5 Å². The van der Waals surface area contributed by atoms with E-state index in [0.29, 0.717) is 17.1 Å². The standard InChI is InChI=1S/C14H12FN3O/c1-19-13-4-2-3-12(14(13)17)18-11-6-5-9(8-16)7-10(11)15/h2-7,18H,17H2,1H3. The average molecular weight is 257 g/mol. The molecule has 0 aromatic heterocycles. The molecule has 2 rings (SSSR count). The third kappa shape index (κ3) is 2.58. The van der Waals surface area contributed by atoms with Crippen molar-refractivity contribution in [3.05, 3.63) is 47.8 Å². The summed E-state index contributed by atoms with van der Waals surface area (Å²) in [6.07, 6.45) is 0. The Morgan fingerprint density at radius 1 is 1.26 bits per heavy atom. The first-order valence-corrected chi connectivity index (χ1v) is 5.55. The molecule has 0 aliphatic rings. The second kappa shape index (κ2) is 5.27. The lowest BCUT2D eigenvalue weighted by molar-refractivity contribution is 0.417. The predicted molar refractivity (Wildman–Crippen MR) is 71.8 cm³/mol. The van der Waals surface area contributed by atoms with Crippen molar-refractivity contribution in [1.29, 1.82) is 5.26 Å². The number of nitrogens with zero attached hydrogens (tertiary/aromatic N) is 1. The summed E-state index contributed by atoms with van der Waals surface area (Å²) >= 11 is 0. The third-order valence-electron chi connectivity index (χ3n) is 2.65. The summed E-state index contributed by atoms with van der Waals surface area (Å²) in [5, 5.41) is 11.6. The first kappa shape index (κ1) is 12.7. The smallest absolute Gasteiger partial charge is 0.147 e. The van der Waals surface area contributed by atoms with Crippen LogP contribution in [0.5, 0.6) is 5.75 Å². The van der Waals surface area contributed by atoms with Gasteiger partial charge in [0.2, 0.25) is 0 Å². The van der Waals surface area contributed by atoms with Crippen LogP contribution in [0.1, 0.15) is 5.56 Å². The summed E-state index contributed by atoms with van der Waals surface area (Å²) in [7, 11) is 1.51. The molecule has 0 atom stereocenters. The van der Waals surface area contributed by atoms with Gasteiger partial charge in [-0.25, -0.2) is 4.39 Å². The molecule has 0 radical (unpaired) electrons. The molecule has 5 heteroatoms. The molecule has 0 amide bonds. The Bertz CT molecular complexity index is 650. The van der Waals surface area contributed by atoms with E-state index in [9.17, 15) is 4.39 Å². The maximum Gasteiger partial charge on any atom is 0.147 e. The highest BCUT2D eigenvalue weighted by Gasteiger charge is 2.08. The number of rotatable bonds is 3. The van der Waals surface area contributed by atoms with Crippen LogP contribution in [0.2, 0.25) is 0 Å². The highest BCUT2D eigenvalue weighted by atomic mass is 19.1. The van der Waals surface area contributed by atoms with Crippen LogP contribution in [-0.4, -0.2) is 7.11 Å². The fourth-order valence-electron chi connectivity index (χ4n) is 1.66. The number of nitriles is 1. The number of hydrogen-bond acceptors (Lipinski definition) is 4. The van der Waals surface area contributed by atoms with Crippen molar-refractivity contribution in [3.63, 3.8) is 0 Å². The minimum atomic E-state index is -0.513. The van der Waals surface area contributed by atoms with Crippen molar-refractivity contribution in [1.82, 2.24) is 0 Å². The lowest BCUT2D eigenvalue weighted by Crippen LogP contribution is -2.00. The number of hydrogen-bond donors (Lipinski definition) is 2. The maximum atomic E-state index is 13.8. The topological polar surface area (TPSA) is 71.1 Å². The summed E-state index contributed by atoms with van der Waals surface area (Å²) < 4.78 is 18.8. The van der Waals surface area contributed by atoms with Gasteiger partial charge in [0.1, 0.15) is 11.6 Å². The number of benzene rings is 2. The van der Waals surface area contributed by atoms with Crippen LogP contribution in [0.3, 0.4) is 0 Å². The zero-order valence-corrected chi connectivity index (χ0v) is 10.3. The molecule has 0 bridgehead atoms. The molecule has 0 spiro atoms. The van der Waals surface area contributed by atoms with E-state index in [0.717, 1.165) is 0 Å². The van der Waals surface area contributed by atoms with E-state index in [4.69, 9.17) is 15.7 Å². The number of nitrogens with two attached hydrogens (primary N) is 1. The van der Waals surface area contributed by atoms with Crippen LogP contribution < -0.4 is 15.8 Å². The van der Waals surface area contributed by atoms with E-state index in [1.165, 1.54) is 25.3 Å². The lowest BCUT2D eigenvalue weighted by Gasteiger charge is -2.12. The normalized spacial score (nSPS) is 9.74. The number of nitrogens with one attached hydrogen (secondary N) is 1. The van der Waals surface area contributed by atoms with Crippen molar-refractivity contribution in [2.45, 2.75) is 0 Å². The molecule has 0 fully saturated rings. The molecular formula is C14H12FN3O. The van der Waals surface area contributed by atoms with Crippen molar-refractivity contribution in [2.24, 2.45) is 0 Å². The summed E-state index contributed by atoms with van der Waals surface area (Å²) in [5.41, 5.74) is 7.34. The number of nitrogen functional groups attached to an aromatic ring is 1. The number of anilines is 3. The Morgan fingerprint density at radius 3 is 2.68 bits per heavy atom. The number of ether oxygens (including phenoxy) is 1. The molecule has 2 aromatic carbocycles. The van der Waals surface area contributed by atoms with E-state index in [-0.39, 0.29) is 11.3 Å². The van der Waals surface area contributed by atoms with E-state index in [1.54, 1.807) is 18.2 Å². The van der Waals surface area contributed by atoms with E-state index < -0.39 is 5.82 Å². The zero-order chi connectivity index (χ0) is 13.8. The van der Waals surface area contributed by atoms with Crippen LogP contribution >= 0.6 is 0 Å². The van der Waals surface area contributed by atoms with E-state index >= 15 is 0 Å². The second-order valence-corrected chi connectivity index (χ2v) is 3.85. The fraction of sp³-hybridized carbons (Fsp3) is 0.0714. The molecule has 0 unspecified atom stereocenters. The fourth-order valence-corrected chi connectivity index (χ4v) is 1.66. The van der Waals surface area contributed by atoms with Gasteiger partial charge in [-0.15, -0.1) is 0 Å². The van der Waals surface area contributed by atoms with Gasteiger partial charge in [-0.05, 0) is 30.3 Å². The minimum Gasteiger partial charge on any atom is -0.495 e. The Balaban J connectivity index is 2.34. The first-order valence-electron chi connectivity index (χ1n) is 5.55. The molecule has 3 N–H and O–H groups in total. The zero-order valence-electron chi connectivity index (χ0n) is 10.3. The van der Waals surface area contributed by atoms with Gasteiger partial charge in [0, 0.05) is 0 Å². The lowest BCUT2D eigenvalue weighted by atomic mass is 10.2. The van der Waals surface area contributed by atoms with Crippen LogP contribution in [0.25, 0.3) is 0 Å². The number of halogens is 1. The average Bonchev–Trinajstić information content (AvgIpc) is 2.43. The van der Waals surface area contributed by atoms with Crippen LogP contribution in [-0.2, 0) is 0 Å². The SMILES string of the molecule is COc1cccc(Nc2ccc(C#N)cc2F)c1N. The second-order valence-electron chi connectivity index (χ2n) is 3.85. The molecule has 0 aliphatic carbocycles. The van der Waals surface area contributed by atoms with Crippen LogP contribution in [0, 0.1) is 17.1 Å². The summed E-state index contributed by atoms with van der Waals surface area (Å²) in [6, 6.07) is 11.2. The molecule has 96 valence electrons. The highest BCUT2D eigenvalue weighted by Crippen LogP contribution is 2.32. The summed E-state index contributed by atoms with van der Waals surface area (Å²) in [4.78, 5) is 0. The Kier molecular flexibility index (Phi) is 3.53. The van der Waals surface area contributed by atoms with Gasteiger partial charge in [-0.2, -0.15) is 5.26 Å². The molecular weight excluding hydrogens is 245 g/mol. The van der Waals surface area contributed by atoms with Crippen LogP contribution in [0.15, 0.2) is 36.4 Å². The van der Waals surface area contributed by atoms with Gasteiger partial charge in [0.15, 0.2) is 0 Å². The molecule has 0 saturated heterocycles. The van der Waals surface area contributed by atoms with Crippen molar-refractivity contribution in [3.8, 4) is 11.8 Å². The first-order chi connectivity index (χ1) is 9.15. The molecule has 19 heavy (non-hydrogen) atoms. The summed E-state index contributed by atoms with van der Waals surface area (Å²) in [6.45, 7) is 0. The van der Waals surface area contributed by atoms with Gasteiger partial charge >= 0.3 is 0 Å². The molecule has 4 nitrogen and oxygen atoms in total. The summed E-state index contributed by atoms with van der Waals surface area (Å²) in [5.74, 6) is 0.000299. The third-order valence-corrected chi connectivity index (χ3v) is 2.65. The Labute approximate surface area is 110 Å². The minimum absolute atomic E-state index is 0.249. The van der Waals surface area contributed by atoms with Gasteiger partial charge in [-0.3, -0.25) is 0 Å². The molecule has 0 heterocycles. The predicted octanol–water partition coefficient (Wildman–Crippen LogP) is 3.03. The molecule has 0 aliphatic heterocycles. The quantitative estimate of drug-likeness (QED) is 0.829. The van der Waals surface area contributed by atoms with E-state index in [1.807, 2.05) is 6.07 Å². The highest BCUT2D eigenvalue weighted by molar-refractivity contribution is 5.77. The van der Waals surface area contributed by atoms with Gasteiger partial charge in [0.25, 0.3) is 0 Å². The molecule has 0 saturated carbocycles. The van der Waals surface area contributed by atoms with Crippen molar-refractivity contribution >= 4 is 17.1 Å². The van der Waals surface area contributed by atoms with Gasteiger partial charge in [0.05, 0.1) is 35.8 Å². The largest absolute Gasteiger partial charge is 0.495 e.